The van der Waals surface area contributed by atoms with Gasteiger partial charge in [-0.3, -0.25) is 4.79 Å². The number of hydrogen-bond donors (Lipinski definition) is 2. The first-order chi connectivity index (χ1) is 12.6. The number of rotatable bonds is 6. The maximum Gasteiger partial charge on any atom is 0.225 e. The number of nitrogens with zero attached hydrogens (tertiary/aromatic N) is 2. The summed E-state index contributed by atoms with van der Waals surface area (Å²) in [6.07, 6.45) is 5.56. The molecule has 26 heavy (non-hydrogen) atoms. The molecule has 2 heterocycles. The smallest absolute Gasteiger partial charge is 0.225 e. The van der Waals surface area contributed by atoms with Crippen LogP contribution in [0.15, 0.2) is 48.7 Å². The zero-order valence-corrected chi connectivity index (χ0v) is 15.4. The van der Waals surface area contributed by atoms with Gasteiger partial charge in [0.1, 0.15) is 5.82 Å². The summed E-state index contributed by atoms with van der Waals surface area (Å²) in [5.74, 6) is 0.684. The van der Waals surface area contributed by atoms with E-state index in [1.54, 1.807) is 0 Å². The van der Waals surface area contributed by atoms with Crippen LogP contribution >= 0.6 is 0 Å². The third-order valence-electron chi connectivity index (χ3n) is 5.09. The number of aromatic nitrogens is 1. The van der Waals surface area contributed by atoms with Gasteiger partial charge in [0.25, 0.3) is 0 Å². The number of nitrogens with one attached hydrogen (secondary N) is 1. The Balaban J connectivity index is 1.57. The molecule has 0 bridgehead atoms. The maximum absolute atomic E-state index is 12.5. The van der Waals surface area contributed by atoms with Gasteiger partial charge in [-0.1, -0.05) is 37.3 Å². The van der Waals surface area contributed by atoms with Crippen LogP contribution < -0.4 is 16.0 Å². The highest BCUT2D eigenvalue weighted by Crippen LogP contribution is 2.20. The van der Waals surface area contributed by atoms with Crippen molar-refractivity contribution in [2.24, 2.45) is 11.7 Å². The van der Waals surface area contributed by atoms with Crippen LogP contribution in [-0.2, 0) is 11.3 Å². The zero-order valence-electron chi connectivity index (χ0n) is 15.4. The monoisotopic (exact) mass is 352 g/mol. The average Bonchev–Trinajstić information content (AvgIpc) is 2.72. The Hall–Kier alpha value is -2.40. The van der Waals surface area contributed by atoms with Gasteiger partial charge in [0.15, 0.2) is 0 Å². The Kier molecular flexibility index (Phi) is 6.23. The third kappa shape index (κ3) is 4.61. The van der Waals surface area contributed by atoms with Gasteiger partial charge in [0.05, 0.1) is 5.92 Å². The quantitative estimate of drug-likeness (QED) is 0.838. The summed E-state index contributed by atoms with van der Waals surface area (Å²) >= 11 is 0. The number of anilines is 1. The van der Waals surface area contributed by atoms with Gasteiger partial charge in [-0.15, -0.1) is 0 Å². The number of hydrogen-bond acceptors (Lipinski definition) is 4. The van der Waals surface area contributed by atoms with E-state index >= 15 is 0 Å². The molecule has 1 aromatic carbocycles. The topological polar surface area (TPSA) is 71.2 Å². The first-order valence-corrected chi connectivity index (χ1v) is 9.43. The average molecular weight is 352 g/mol. The number of benzene rings is 1. The molecule has 2 atom stereocenters. The van der Waals surface area contributed by atoms with Crippen molar-refractivity contribution in [2.45, 2.75) is 38.8 Å². The molecule has 3 N–H and O–H groups in total. The lowest BCUT2D eigenvalue weighted by atomic mass is 9.94. The standard InChI is InChI=1S/C21H28N4O/c1-16(20(22)18-8-4-2-5-9-18)21(26)24-15-17-10-11-23-19(14-17)25-12-6-3-7-13-25/h2,4-5,8-11,14,16,20H,3,6-7,12-13,15,22H2,1H3,(H,24,26). The molecule has 3 rings (SSSR count). The van der Waals surface area contributed by atoms with Crippen LogP contribution in [0.2, 0.25) is 0 Å². The van der Waals surface area contributed by atoms with Crippen LogP contribution in [0.5, 0.6) is 0 Å². The Labute approximate surface area is 155 Å². The summed E-state index contributed by atoms with van der Waals surface area (Å²) in [6, 6.07) is 13.5. The molecule has 0 spiro atoms. The highest BCUT2D eigenvalue weighted by molar-refractivity contribution is 5.79. The first-order valence-electron chi connectivity index (χ1n) is 9.43. The second kappa shape index (κ2) is 8.81. The molecule has 0 radical (unpaired) electrons. The largest absolute Gasteiger partial charge is 0.357 e. The fourth-order valence-corrected chi connectivity index (χ4v) is 3.34. The van der Waals surface area contributed by atoms with Crippen molar-refractivity contribution in [3.05, 3.63) is 59.8 Å². The van der Waals surface area contributed by atoms with Gasteiger partial charge in [0.2, 0.25) is 5.91 Å². The highest BCUT2D eigenvalue weighted by atomic mass is 16.1. The van der Waals surface area contributed by atoms with Crippen LogP contribution in [0.1, 0.15) is 43.4 Å². The van der Waals surface area contributed by atoms with Crippen molar-refractivity contribution in [2.75, 3.05) is 18.0 Å². The van der Waals surface area contributed by atoms with E-state index in [-0.39, 0.29) is 17.9 Å². The Bertz CT molecular complexity index is 713. The van der Waals surface area contributed by atoms with Crippen LogP contribution in [0.25, 0.3) is 0 Å². The second-order valence-corrected chi connectivity index (χ2v) is 7.01. The normalized spacial score (nSPS) is 16.8. The molecule has 1 fully saturated rings. The molecule has 1 amide bonds. The molecule has 1 saturated heterocycles. The number of amides is 1. The van der Waals surface area contributed by atoms with Gasteiger partial charge in [-0.05, 0) is 42.5 Å². The minimum Gasteiger partial charge on any atom is -0.357 e. The van der Waals surface area contributed by atoms with Gasteiger partial charge in [-0.25, -0.2) is 4.98 Å². The van der Waals surface area contributed by atoms with Gasteiger partial charge < -0.3 is 16.0 Å². The van der Waals surface area contributed by atoms with Crippen LogP contribution in [0, 0.1) is 5.92 Å². The Morgan fingerprint density at radius 2 is 1.92 bits per heavy atom. The van der Waals surface area contributed by atoms with E-state index in [2.05, 4.69) is 21.3 Å². The molecule has 2 aromatic rings. The van der Waals surface area contributed by atoms with Crippen molar-refractivity contribution in [3.63, 3.8) is 0 Å². The molecule has 0 saturated carbocycles. The molecular formula is C21H28N4O. The molecule has 1 aliphatic heterocycles. The van der Waals surface area contributed by atoms with Crippen molar-refractivity contribution in [1.29, 1.82) is 0 Å². The summed E-state index contributed by atoms with van der Waals surface area (Å²) < 4.78 is 0. The minimum atomic E-state index is -0.308. The van der Waals surface area contributed by atoms with E-state index in [1.807, 2.05) is 49.5 Å². The number of pyridine rings is 1. The molecule has 0 aliphatic carbocycles. The lowest BCUT2D eigenvalue weighted by Gasteiger charge is -2.28. The molecule has 5 heteroatoms. The second-order valence-electron chi connectivity index (χ2n) is 7.01. The molecular weight excluding hydrogens is 324 g/mol. The van der Waals surface area contributed by atoms with Gasteiger partial charge in [-0.2, -0.15) is 0 Å². The van der Waals surface area contributed by atoms with E-state index in [0.717, 1.165) is 30.0 Å². The van der Waals surface area contributed by atoms with Crippen molar-refractivity contribution < 1.29 is 4.79 Å². The van der Waals surface area contributed by atoms with Gasteiger partial charge >= 0.3 is 0 Å². The minimum absolute atomic E-state index is 0.0299. The van der Waals surface area contributed by atoms with E-state index in [4.69, 9.17) is 5.73 Å². The summed E-state index contributed by atoms with van der Waals surface area (Å²) in [5, 5.41) is 3.01. The zero-order chi connectivity index (χ0) is 18.4. The van der Waals surface area contributed by atoms with Gasteiger partial charge in [0, 0.05) is 31.9 Å². The number of nitrogens with two attached hydrogens (primary N) is 1. The Morgan fingerprint density at radius 3 is 2.65 bits per heavy atom. The summed E-state index contributed by atoms with van der Waals surface area (Å²) in [6.45, 7) is 4.49. The highest BCUT2D eigenvalue weighted by Gasteiger charge is 2.22. The van der Waals surface area contributed by atoms with Crippen LogP contribution in [0.3, 0.4) is 0 Å². The number of carbonyl (C=O) groups is 1. The third-order valence-corrected chi connectivity index (χ3v) is 5.09. The summed E-state index contributed by atoms with van der Waals surface area (Å²) in [4.78, 5) is 19.3. The first kappa shape index (κ1) is 18.4. The number of piperidine rings is 1. The fraction of sp³-hybridized carbons (Fsp3) is 0.429. The lowest BCUT2D eigenvalue weighted by Crippen LogP contribution is -2.35. The van der Waals surface area contributed by atoms with Crippen LogP contribution in [-0.4, -0.2) is 24.0 Å². The molecule has 5 nitrogen and oxygen atoms in total. The van der Waals surface area contributed by atoms with Crippen molar-refractivity contribution >= 4 is 11.7 Å². The summed E-state index contributed by atoms with van der Waals surface area (Å²) in [7, 11) is 0. The molecule has 138 valence electrons. The van der Waals surface area contributed by atoms with E-state index in [9.17, 15) is 4.79 Å². The molecule has 1 aromatic heterocycles. The Morgan fingerprint density at radius 1 is 1.19 bits per heavy atom. The summed E-state index contributed by atoms with van der Waals surface area (Å²) in [5.41, 5.74) is 8.29. The van der Waals surface area contributed by atoms with E-state index < -0.39 is 0 Å². The molecule has 2 unspecified atom stereocenters. The molecule has 1 aliphatic rings. The van der Waals surface area contributed by atoms with Crippen molar-refractivity contribution in [1.82, 2.24) is 10.3 Å². The lowest BCUT2D eigenvalue weighted by molar-refractivity contribution is -0.125. The van der Waals surface area contributed by atoms with E-state index in [1.165, 1.54) is 19.3 Å². The predicted molar refractivity (Wildman–Crippen MR) is 105 cm³/mol. The van der Waals surface area contributed by atoms with Crippen LogP contribution in [0.4, 0.5) is 5.82 Å². The van der Waals surface area contributed by atoms with E-state index in [0.29, 0.717) is 6.54 Å². The maximum atomic E-state index is 12.5. The SMILES string of the molecule is CC(C(=O)NCc1ccnc(N2CCCCC2)c1)C(N)c1ccccc1. The van der Waals surface area contributed by atoms with Crippen molar-refractivity contribution in [3.8, 4) is 0 Å². The number of carbonyl (C=O) groups excluding carboxylic acids is 1. The fourth-order valence-electron chi connectivity index (χ4n) is 3.34. The predicted octanol–water partition coefficient (Wildman–Crippen LogP) is 3.02.